The second-order valence-electron chi connectivity index (χ2n) is 1.99. The Hall–Kier alpha value is -1.56. The van der Waals surface area contributed by atoms with Crippen LogP contribution in [-0.2, 0) is 9.36 Å². The molecule has 84 valence electrons. The van der Waals surface area contributed by atoms with Crippen molar-refractivity contribution in [2.45, 2.75) is 6.92 Å². The third-order valence-electron chi connectivity index (χ3n) is 0.662. The smallest absolute Gasteiger partial charge is 0.592 e. The van der Waals surface area contributed by atoms with Crippen molar-refractivity contribution >= 4 is 14.2 Å². The maximum absolute atomic E-state index is 8.89. The van der Waals surface area contributed by atoms with Gasteiger partial charge in [0.2, 0.25) is 0 Å². The summed E-state index contributed by atoms with van der Waals surface area (Å²) in [6.45, 7) is 0.972. The zero-order valence-electron chi connectivity index (χ0n) is 7.82. The van der Waals surface area contributed by atoms with Gasteiger partial charge in [0.1, 0.15) is 6.20 Å². The fraction of sp³-hybridized carbons (Fsp3) is 0.143. The van der Waals surface area contributed by atoms with E-state index in [1.807, 2.05) is 0 Å². The van der Waals surface area contributed by atoms with Gasteiger partial charge in [-0.1, -0.05) is 0 Å². The van der Waals surface area contributed by atoms with Crippen molar-refractivity contribution < 1.29 is 29.4 Å². The van der Waals surface area contributed by atoms with Gasteiger partial charge in [-0.25, -0.2) is 0 Å². The topological polar surface area (TPSA) is 133 Å². The molecule has 0 radical (unpaired) electrons. The molecule has 0 unspecified atom stereocenters. The molecule has 0 bridgehead atoms. The van der Waals surface area contributed by atoms with Crippen LogP contribution in [0.5, 0.6) is 5.75 Å². The summed E-state index contributed by atoms with van der Waals surface area (Å²) in [6.07, 6.45) is 3.15. The molecule has 15 heavy (non-hydrogen) atoms. The van der Waals surface area contributed by atoms with Gasteiger partial charge < -0.3 is 15.0 Å². The molecule has 0 fully saturated rings. The second-order valence-corrected chi connectivity index (χ2v) is 2.49. The fourth-order valence-electron chi connectivity index (χ4n) is 0.363. The predicted octanol–water partition coefficient (Wildman–Crippen LogP) is -1.10. The normalized spacial score (nSPS) is 7.40. The molecule has 1 aromatic heterocycles. The summed E-state index contributed by atoms with van der Waals surface area (Å²) in [7, 11) is -2.87. The Morgan fingerprint density at radius 3 is 2.13 bits per heavy atom. The van der Waals surface area contributed by atoms with Crippen molar-refractivity contribution in [3.8, 4) is 5.75 Å². The maximum atomic E-state index is 8.89. The molecular formula is C7H11NO6P+. The SMILES string of the molecule is CC(=O)[O-].O=[P+](O)O.[OH2+]c1cccnc1. The molecule has 0 aromatic carbocycles. The van der Waals surface area contributed by atoms with E-state index in [2.05, 4.69) is 4.98 Å². The number of nitrogens with zero attached hydrogens (tertiary/aromatic N) is 1. The first-order chi connectivity index (χ1) is 6.86. The van der Waals surface area contributed by atoms with Gasteiger partial charge in [0, 0.05) is 22.8 Å². The summed E-state index contributed by atoms with van der Waals surface area (Å²) in [6, 6.07) is 3.43. The first kappa shape index (κ1) is 15.9. The highest BCUT2D eigenvalue weighted by Crippen LogP contribution is 1.99. The second kappa shape index (κ2) is 10.5. The molecule has 0 spiro atoms. The standard InChI is InChI=1S/C5H5NO.C2H4O2.HO3P/c7-5-2-1-3-6-4-5;1-2(3)4;1-4(2)3/h1-4,7H;1H3,(H,3,4);(H-,1,2,3)/p+1. The summed E-state index contributed by atoms with van der Waals surface area (Å²) in [5, 5.41) is 15.8. The van der Waals surface area contributed by atoms with Crippen molar-refractivity contribution in [2.24, 2.45) is 0 Å². The van der Waals surface area contributed by atoms with E-state index < -0.39 is 14.2 Å². The molecule has 0 amide bonds. The number of carbonyl (C=O) groups excluding carboxylic acids is 1. The molecule has 0 saturated heterocycles. The molecular weight excluding hydrogens is 225 g/mol. The number of pyridine rings is 1. The minimum atomic E-state index is -2.87. The van der Waals surface area contributed by atoms with Gasteiger partial charge in [0.15, 0.2) is 0 Å². The summed E-state index contributed by atoms with van der Waals surface area (Å²) >= 11 is 0. The molecule has 0 atom stereocenters. The lowest BCUT2D eigenvalue weighted by molar-refractivity contribution is -0.302. The van der Waals surface area contributed by atoms with Gasteiger partial charge in [-0.2, -0.15) is 0 Å². The monoisotopic (exact) mass is 236 g/mol. The summed E-state index contributed by atoms with van der Waals surface area (Å²) in [5.41, 5.74) is 0. The van der Waals surface area contributed by atoms with Gasteiger partial charge in [0.05, 0.1) is 0 Å². The number of rotatable bonds is 0. The van der Waals surface area contributed by atoms with Crippen molar-refractivity contribution in [1.82, 2.24) is 4.98 Å². The first-order valence-electron chi connectivity index (χ1n) is 3.50. The van der Waals surface area contributed by atoms with Crippen LogP contribution in [-0.4, -0.2) is 25.8 Å². The molecule has 1 heterocycles. The lowest BCUT2D eigenvalue weighted by Gasteiger charge is -1.78. The maximum Gasteiger partial charge on any atom is 0.692 e. The van der Waals surface area contributed by atoms with E-state index >= 15 is 0 Å². The van der Waals surface area contributed by atoms with Crippen LogP contribution in [0.1, 0.15) is 6.92 Å². The predicted molar refractivity (Wildman–Crippen MR) is 50.0 cm³/mol. The Morgan fingerprint density at radius 1 is 1.60 bits per heavy atom. The van der Waals surface area contributed by atoms with Gasteiger partial charge in [-0.15, -0.1) is 9.79 Å². The molecule has 1 aromatic rings. The number of aliphatic carboxylic acids is 1. The van der Waals surface area contributed by atoms with E-state index in [1.165, 1.54) is 6.20 Å². The fourth-order valence-corrected chi connectivity index (χ4v) is 0.363. The molecule has 1 rings (SSSR count). The lowest BCUT2D eigenvalue weighted by Crippen LogP contribution is -2.16. The van der Waals surface area contributed by atoms with Gasteiger partial charge in [-0.3, -0.25) is 4.98 Å². The zero-order valence-corrected chi connectivity index (χ0v) is 8.72. The van der Waals surface area contributed by atoms with Crippen LogP contribution in [0.25, 0.3) is 0 Å². The highest BCUT2D eigenvalue weighted by atomic mass is 31.1. The van der Waals surface area contributed by atoms with E-state index in [1.54, 1.807) is 18.3 Å². The number of hydrogen-bond acceptors (Lipinski definition) is 4. The van der Waals surface area contributed by atoms with E-state index in [4.69, 9.17) is 29.4 Å². The van der Waals surface area contributed by atoms with Crippen LogP contribution in [0, 0.1) is 0 Å². The van der Waals surface area contributed by atoms with Crippen LogP contribution < -0.4 is 5.11 Å². The molecule has 0 saturated carbocycles. The van der Waals surface area contributed by atoms with E-state index in [-0.39, 0.29) is 0 Å². The molecule has 8 heteroatoms. The van der Waals surface area contributed by atoms with Gasteiger partial charge in [0.25, 0.3) is 5.75 Å². The third-order valence-corrected chi connectivity index (χ3v) is 0.662. The van der Waals surface area contributed by atoms with Crippen molar-refractivity contribution in [3.05, 3.63) is 24.5 Å². The van der Waals surface area contributed by atoms with Crippen LogP contribution in [0.2, 0.25) is 0 Å². The average molecular weight is 236 g/mol. The van der Waals surface area contributed by atoms with Gasteiger partial charge in [-0.05, 0) is 13.0 Å². The largest absolute Gasteiger partial charge is 0.692 e. The van der Waals surface area contributed by atoms with E-state index in [0.717, 1.165) is 6.92 Å². The van der Waals surface area contributed by atoms with Crippen LogP contribution in [0.15, 0.2) is 24.5 Å². The number of carbonyl (C=O) groups is 1. The average Bonchev–Trinajstić information content (AvgIpc) is 2.03. The Kier molecular flexibility index (Phi) is 11.1. The molecule has 0 aliphatic carbocycles. The Bertz CT molecular complexity index is 271. The zero-order chi connectivity index (χ0) is 12.3. The van der Waals surface area contributed by atoms with Crippen LogP contribution in [0.4, 0.5) is 0 Å². The summed E-state index contributed by atoms with van der Waals surface area (Å²) in [5.74, 6) is -0.623. The quantitative estimate of drug-likeness (QED) is 0.434. The molecule has 7 nitrogen and oxygen atoms in total. The van der Waals surface area contributed by atoms with Crippen molar-refractivity contribution in [3.63, 3.8) is 0 Å². The number of aromatic nitrogens is 1. The van der Waals surface area contributed by atoms with Crippen LogP contribution in [0.3, 0.4) is 0 Å². The third kappa shape index (κ3) is 32.7. The Morgan fingerprint density at radius 2 is 2.00 bits per heavy atom. The van der Waals surface area contributed by atoms with Crippen LogP contribution >= 0.6 is 8.25 Å². The molecule has 0 aliphatic heterocycles. The number of carboxylic acid groups (broad SMARTS) is 1. The highest BCUT2D eigenvalue weighted by molar-refractivity contribution is 7.30. The first-order valence-corrected chi connectivity index (χ1v) is 4.67. The highest BCUT2D eigenvalue weighted by Gasteiger charge is 1.93. The molecule has 4 N–H and O–H groups in total. The summed E-state index contributed by atoms with van der Waals surface area (Å²) in [4.78, 5) is 26.8. The minimum Gasteiger partial charge on any atom is -0.592 e. The summed E-state index contributed by atoms with van der Waals surface area (Å²) < 4.78 is 8.70. The van der Waals surface area contributed by atoms with Gasteiger partial charge >= 0.3 is 8.25 Å². The van der Waals surface area contributed by atoms with Crippen molar-refractivity contribution in [1.29, 1.82) is 0 Å². The Labute approximate surface area is 86.6 Å². The van der Waals surface area contributed by atoms with E-state index in [0.29, 0.717) is 5.75 Å². The number of hydrogen-bond donors (Lipinski definition) is 2. The lowest BCUT2D eigenvalue weighted by atomic mass is 10.5. The van der Waals surface area contributed by atoms with E-state index in [9.17, 15) is 0 Å². The molecule has 0 aliphatic rings. The Balaban J connectivity index is 0. The van der Waals surface area contributed by atoms with Crippen molar-refractivity contribution in [2.75, 3.05) is 0 Å². The minimum absolute atomic E-state index is 0.461. The number of carboxylic acids is 1.